The van der Waals surface area contributed by atoms with Crippen LogP contribution in [0.25, 0.3) is 0 Å². The molecule has 0 bridgehead atoms. The van der Waals surface area contributed by atoms with Crippen LogP contribution in [-0.4, -0.2) is 0 Å². The summed E-state index contributed by atoms with van der Waals surface area (Å²) in [5.74, 6) is 0. The molecule has 0 saturated heterocycles. The summed E-state index contributed by atoms with van der Waals surface area (Å²) < 4.78 is 0. The minimum absolute atomic E-state index is 0. The summed E-state index contributed by atoms with van der Waals surface area (Å²) >= 11 is 1.77. The third-order valence-electron chi connectivity index (χ3n) is 2.30. The van der Waals surface area contributed by atoms with E-state index < -0.39 is 0 Å². The van der Waals surface area contributed by atoms with Gasteiger partial charge in [0.25, 0.3) is 0 Å². The Morgan fingerprint density at radius 2 is 1.80 bits per heavy atom. The summed E-state index contributed by atoms with van der Waals surface area (Å²) in [5.41, 5.74) is 0. The number of hydrogen-bond donors (Lipinski definition) is 0. The number of aryl methyl sites for hydroxylation is 1. The Labute approximate surface area is 117 Å². The third kappa shape index (κ3) is 9.54. The van der Waals surface area contributed by atoms with Gasteiger partial charge in [0.05, 0.1) is 0 Å². The van der Waals surface area contributed by atoms with Gasteiger partial charge in [0, 0.05) is 0 Å². The van der Waals surface area contributed by atoms with E-state index in [1.807, 2.05) is 6.07 Å². The van der Waals surface area contributed by atoms with Gasteiger partial charge in [-0.05, 0) is 0 Å². The van der Waals surface area contributed by atoms with Crippen molar-refractivity contribution in [1.82, 2.24) is 0 Å². The molecule has 15 heavy (non-hydrogen) atoms. The molecule has 0 aromatic carbocycles. The van der Waals surface area contributed by atoms with Crippen LogP contribution in [0.3, 0.4) is 0 Å². The summed E-state index contributed by atoms with van der Waals surface area (Å²) in [6.07, 6.45) is 9.62. The zero-order chi connectivity index (χ0) is 9.36. The van der Waals surface area contributed by atoms with Crippen LogP contribution in [0.2, 0.25) is 0 Å². The summed E-state index contributed by atoms with van der Waals surface area (Å²) in [5, 5.41) is 3.13. The number of rotatable bonds is 7. The van der Waals surface area contributed by atoms with E-state index in [0.717, 1.165) is 0 Å². The van der Waals surface area contributed by atoms with Crippen LogP contribution in [0.1, 0.15) is 50.3 Å². The topological polar surface area (TPSA) is 0 Å². The molecule has 0 radical (unpaired) electrons. The Bertz CT molecular complexity index is 199. The molecule has 0 fully saturated rings. The molecule has 0 saturated carbocycles. The van der Waals surface area contributed by atoms with Crippen LogP contribution in [0, 0.1) is 5.38 Å². The Balaban J connectivity index is 0. The summed E-state index contributed by atoms with van der Waals surface area (Å²) in [7, 11) is 0. The summed E-state index contributed by atoms with van der Waals surface area (Å²) in [6, 6.07) is 4.22. The molecule has 1 aromatic rings. The molecule has 0 N–H and O–H groups in total. The Morgan fingerprint density at radius 3 is 2.40 bits per heavy atom. The van der Waals surface area contributed by atoms with Crippen LogP contribution in [0.5, 0.6) is 0 Å². The second-order valence-electron chi connectivity index (χ2n) is 3.54. The van der Waals surface area contributed by atoms with Crippen molar-refractivity contribution < 1.29 is 31.9 Å². The maximum absolute atomic E-state index is 3.13. The fourth-order valence-electron chi connectivity index (χ4n) is 1.48. The van der Waals surface area contributed by atoms with E-state index in [1.165, 1.54) is 49.8 Å². The maximum Gasteiger partial charge on any atom is 2.00 e. The molecule has 82 valence electrons. The molecular formula is C12H19ClSZn. The molecule has 1 heterocycles. The average molecular weight is 296 g/mol. The largest absolute Gasteiger partial charge is 2.00 e. The number of unbranched alkanes of at least 4 members (excludes halogenated alkanes) is 5. The van der Waals surface area contributed by atoms with Gasteiger partial charge in [-0.15, -0.1) is 10.3 Å². The van der Waals surface area contributed by atoms with Crippen LogP contribution in [-0.2, 0) is 25.9 Å². The van der Waals surface area contributed by atoms with Crippen molar-refractivity contribution in [2.75, 3.05) is 0 Å². The minimum Gasteiger partial charge on any atom is -1.00 e. The third-order valence-corrected chi connectivity index (χ3v) is 3.16. The molecule has 0 aliphatic heterocycles. The molecule has 3 heteroatoms. The van der Waals surface area contributed by atoms with Gasteiger partial charge < -0.3 is 23.7 Å². The van der Waals surface area contributed by atoms with Gasteiger partial charge in [-0.1, -0.05) is 51.9 Å². The van der Waals surface area contributed by atoms with Gasteiger partial charge in [0.15, 0.2) is 0 Å². The van der Waals surface area contributed by atoms with Crippen molar-refractivity contribution >= 4 is 11.3 Å². The van der Waals surface area contributed by atoms with E-state index in [2.05, 4.69) is 18.4 Å². The van der Waals surface area contributed by atoms with Crippen molar-refractivity contribution in [2.24, 2.45) is 0 Å². The monoisotopic (exact) mass is 294 g/mol. The summed E-state index contributed by atoms with van der Waals surface area (Å²) in [4.78, 5) is 1.50. The standard InChI is InChI=1S/C12H19S.ClH.Zn/c1-2-3-4-5-6-7-9-12-10-8-11-13-12;;/h8,10H,2-7,9H2,1H3;1H;/q-1;;+2/p-1. The van der Waals surface area contributed by atoms with Gasteiger partial charge >= 0.3 is 19.5 Å². The predicted molar refractivity (Wildman–Crippen MR) is 60.2 cm³/mol. The first-order valence-electron chi connectivity index (χ1n) is 5.38. The van der Waals surface area contributed by atoms with E-state index in [9.17, 15) is 0 Å². The second-order valence-corrected chi connectivity index (χ2v) is 4.50. The normalized spacial score (nSPS) is 9.13. The fraction of sp³-hybridized carbons (Fsp3) is 0.667. The molecule has 1 aromatic heterocycles. The first kappa shape index (κ1) is 18.0. The van der Waals surface area contributed by atoms with E-state index >= 15 is 0 Å². The predicted octanol–water partition coefficient (Wildman–Crippen LogP) is 1.45. The van der Waals surface area contributed by atoms with Crippen LogP contribution < -0.4 is 12.4 Å². The van der Waals surface area contributed by atoms with Crippen molar-refractivity contribution in [3.05, 3.63) is 22.4 Å². The minimum atomic E-state index is 0. The molecule has 0 spiro atoms. The second kappa shape index (κ2) is 12.7. The van der Waals surface area contributed by atoms with Crippen LogP contribution in [0.15, 0.2) is 12.1 Å². The molecule has 0 unspecified atom stereocenters. The molecule has 0 atom stereocenters. The Morgan fingerprint density at radius 1 is 1.13 bits per heavy atom. The van der Waals surface area contributed by atoms with Gasteiger partial charge in [-0.25, -0.2) is 6.07 Å². The fourth-order valence-corrected chi connectivity index (χ4v) is 2.15. The van der Waals surface area contributed by atoms with Crippen LogP contribution in [0.4, 0.5) is 0 Å². The van der Waals surface area contributed by atoms with Crippen molar-refractivity contribution in [3.63, 3.8) is 0 Å². The van der Waals surface area contributed by atoms with Gasteiger partial charge in [0.2, 0.25) is 0 Å². The first-order chi connectivity index (χ1) is 6.43. The quantitative estimate of drug-likeness (QED) is 0.406. The summed E-state index contributed by atoms with van der Waals surface area (Å²) in [6.45, 7) is 2.27. The van der Waals surface area contributed by atoms with E-state index in [-0.39, 0.29) is 31.9 Å². The SMILES string of the molecule is CCCCCCCCc1cc[c-]s1.[Cl-].[Zn+2]. The van der Waals surface area contributed by atoms with Crippen molar-refractivity contribution in [2.45, 2.75) is 51.9 Å². The van der Waals surface area contributed by atoms with Gasteiger partial charge in [0.1, 0.15) is 0 Å². The number of halogens is 1. The van der Waals surface area contributed by atoms with Gasteiger partial charge in [-0.3, -0.25) is 0 Å². The molecule has 1 rings (SSSR count). The average Bonchev–Trinajstić information content (AvgIpc) is 2.63. The molecule has 0 nitrogen and oxygen atoms in total. The van der Waals surface area contributed by atoms with Gasteiger partial charge in [-0.2, -0.15) is 6.07 Å². The van der Waals surface area contributed by atoms with Crippen LogP contribution >= 0.6 is 11.3 Å². The number of thiophene rings is 1. The maximum atomic E-state index is 3.13. The molecular weight excluding hydrogens is 277 g/mol. The van der Waals surface area contributed by atoms with E-state index in [4.69, 9.17) is 0 Å². The molecule has 0 amide bonds. The number of hydrogen-bond acceptors (Lipinski definition) is 1. The van der Waals surface area contributed by atoms with Crippen molar-refractivity contribution in [3.8, 4) is 0 Å². The Kier molecular flexibility index (Phi) is 15.2. The molecule has 0 aliphatic carbocycles. The zero-order valence-electron chi connectivity index (χ0n) is 9.60. The smallest absolute Gasteiger partial charge is 1.00 e. The van der Waals surface area contributed by atoms with E-state index in [1.54, 1.807) is 11.3 Å². The van der Waals surface area contributed by atoms with E-state index in [0.29, 0.717) is 0 Å². The zero-order valence-corrected chi connectivity index (χ0v) is 14.1. The van der Waals surface area contributed by atoms with Crippen molar-refractivity contribution in [1.29, 1.82) is 0 Å². The Hall–Kier alpha value is 0.613. The molecule has 0 aliphatic rings. The first-order valence-corrected chi connectivity index (χ1v) is 6.20.